The molecule has 1 amide bonds. The van der Waals surface area contributed by atoms with Gasteiger partial charge < -0.3 is 10.4 Å². The fourth-order valence-corrected chi connectivity index (χ4v) is 1.56. The van der Waals surface area contributed by atoms with Gasteiger partial charge in [0.2, 0.25) is 0 Å². The minimum absolute atomic E-state index is 0.0921. The Kier molecular flexibility index (Phi) is 4.97. The minimum Gasteiger partial charge on any atom is -0.481 e. The number of rotatable bonds is 5. The normalized spacial score (nSPS) is 12.0. The van der Waals surface area contributed by atoms with Crippen molar-refractivity contribution in [1.82, 2.24) is 5.32 Å². The zero-order valence-corrected chi connectivity index (χ0v) is 10.7. The Labute approximate surface area is 109 Å². The molecule has 104 valence electrons. The number of carbonyl (C=O) groups is 2. The van der Waals surface area contributed by atoms with E-state index in [0.29, 0.717) is 6.07 Å². The van der Waals surface area contributed by atoms with Gasteiger partial charge in [0, 0.05) is 19.0 Å². The molecule has 6 heteroatoms. The summed E-state index contributed by atoms with van der Waals surface area (Å²) in [6.07, 6.45) is -0.0921. The van der Waals surface area contributed by atoms with E-state index >= 15 is 0 Å². The van der Waals surface area contributed by atoms with Gasteiger partial charge in [0.1, 0.15) is 11.6 Å². The molecule has 2 N–H and O–H groups in total. The van der Waals surface area contributed by atoms with E-state index < -0.39 is 23.5 Å². The number of hydrogen-bond acceptors (Lipinski definition) is 2. The largest absolute Gasteiger partial charge is 0.481 e. The van der Waals surface area contributed by atoms with Gasteiger partial charge in [-0.05, 0) is 24.5 Å². The van der Waals surface area contributed by atoms with E-state index in [4.69, 9.17) is 5.11 Å². The molecule has 1 aromatic rings. The molecule has 0 aromatic heterocycles. The minimum atomic E-state index is -0.967. The topological polar surface area (TPSA) is 66.4 Å². The molecule has 0 radical (unpaired) electrons. The van der Waals surface area contributed by atoms with Crippen LogP contribution in [0.3, 0.4) is 0 Å². The standard InChI is InChI=1S/C13H15F2NO3/c1-7(3-12(17)18)6-16-13(19)9-4-8(2)10(14)5-11(9)15/h4-5,7H,3,6H2,1-2H3,(H,16,19)(H,17,18). The first-order valence-corrected chi connectivity index (χ1v) is 5.77. The maximum atomic E-state index is 13.4. The average Bonchev–Trinajstić information content (AvgIpc) is 2.30. The van der Waals surface area contributed by atoms with Crippen LogP contribution in [0.4, 0.5) is 8.78 Å². The summed E-state index contributed by atoms with van der Waals surface area (Å²) >= 11 is 0. The fraction of sp³-hybridized carbons (Fsp3) is 0.385. The quantitative estimate of drug-likeness (QED) is 0.862. The third-order valence-electron chi connectivity index (χ3n) is 2.63. The predicted octanol–water partition coefficient (Wildman–Crippen LogP) is 2.11. The molecule has 0 spiro atoms. The van der Waals surface area contributed by atoms with Crippen molar-refractivity contribution in [2.45, 2.75) is 20.3 Å². The van der Waals surface area contributed by atoms with Gasteiger partial charge >= 0.3 is 5.97 Å². The highest BCUT2D eigenvalue weighted by atomic mass is 19.1. The van der Waals surface area contributed by atoms with Gasteiger partial charge in [0.25, 0.3) is 5.91 Å². The third-order valence-corrected chi connectivity index (χ3v) is 2.63. The molecule has 1 aromatic carbocycles. The molecule has 4 nitrogen and oxygen atoms in total. The zero-order valence-electron chi connectivity index (χ0n) is 10.7. The van der Waals surface area contributed by atoms with Gasteiger partial charge in [-0.2, -0.15) is 0 Å². The van der Waals surface area contributed by atoms with Crippen molar-refractivity contribution in [2.75, 3.05) is 6.54 Å². The highest BCUT2D eigenvalue weighted by molar-refractivity contribution is 5.94. The summed E-state index contributed by atoms with van der Waals surface area (Å²) in [7, 11) is 0. The molecule has 0 fully saturated rings. The molecule has 0 aliphatic carbocycles. The van der Waals surface area contributed by atoms with Crippen LogP contribution in [0.2, 0.25) is 0 Å². The van der Waals surface area contributed by atoms with Crippen LogP contribution in [-0.2, 0) is 4.79 Å². The van der Waals surface area contributed by atoms with Crippen LogP contribution in [0.15, 0.2) is 12.1 Å². The maximum Gasteiger partial charge on any atom is 0.303 e. The molecule has 0 aliphatic rings. The van der Waals surface area contributed by atoms with Gasteiger partial charge in [0.05, 0.1) is 5.56 Å². The zero-order chi connectivity index (χ0) is 14.6. The molecule has 19 heavy (non-hydrogen) atoms. The monoisotopic (exact) mass is 271 g/mol. The number of aliphatic carboxylic acids is 1. The van der Waals surface area contributed by atoms with Crippen LogP contribution in [0, 0.1) is 24.5 Å². The Morgan fingerprint density at radius 1 is 1.32 bits per heavy atom. The van der Waals surface area contributed by atoms with Gasteiger partial charge in [-0.15, -0.1) is 0 Å². The van der Waals surface area contributed by atoms with E-state index in [-0.39, 0.29) is 30.0 Å². The molecular formula is C13H15F2NO3. The number of amides is 1. The van der Waals surface area contributed by atoms with Crippen molar-refractivity contribution in [3.8, 4) is 0 Å². The van der Waals surface area contributed by atoms with Crippen molar-refractivity contribution in [1.29, 1.82) is 0 Å². The lowest BCUT2D eigenvalue weighted by Gasteiger charge is -2.11. The maximum absolute atomic E-state index is 13.4. The number of nitrogens with one attached hydrogen (secondary N) is 1. The number of benzene rings is 1. The Morgan fingerprint density at radius 3 is 2.53 bits per heavy atom. The van der Waals surface area contributed by atoms with E-state index in [1.54, 1.807) is 6.92 Å². The van der Waals surface area contributed by atoms with E-state index in [1.807, 2.05) is 0 Å². The second-order valence-electron chi connectivity index (χ2n) is 4.49. The SMILES string of the molecule is Cc1cc(C(=O)NCC(C)CC(=O)O)c(F)cc1F. The van der Waals surface area contributed by atoms with E-state index in [9.17, 15) is 18.4 Å². The van der Waals surface area contributed by atoms with Gasteiger partial charge in [-0.3, -0.25) is 9.59 Å². The Bertz CT molecular complexity index is 503. The number of hydrogen-bond donors (Lipinski definition) is 2. The van der Waals surface area contributed by atoms with Gasteiger partial charge in [-0.25, -0.2) is 8.78 Å². The van der Waals surface area contributed by atoms with E-state index in [2.05, 4.69) is 5.32 Å². The molecule has 1 atom stereocenters. The molecule has 0 aliphatic heterocycles. The summed E-state index contributed by atoms with van der Waals surface area (Å²) < 4.78 is 26.5. The number of carbonyl (C=O) groups excluding carboxylic acids is 1. The summed E-state index contributed by atoms with van der Waals surface area (Å²) in [6.45, 7) is 3.19. The number of carboxylic acid groups (broad SMARTS) is 1. The first-order chi connectivity index (χ1) is 8.81. The second-order valence-corrected chi connectivity index (χ2v) is 4.49. The third kappa shape index (κ3) is 4.31. The summed E-state index contributed by atoms with van der Waals surface area (Å²) in [4.78, 5) is 22.1. The highest BCUT2D eigenvalue weighted by Gasteiger charge is 2.15. The summed E-state index contributed by atoms with van der Waals surface area (Å²) in [5.74, 6) is -3.57. The van der Waals surface area contributed by atoms with Crippen LogP contribution in [0.25, 0.3) is 0 Å². The van der Waals surface area contributed by atoms with Gasteiger partial charge in [-0.1, -0.05) is 6.92 Å². The van der Waals surface area contributed by atoms with Gasteiger partial charge in [0.15, 0.2) is 0 Å². The van der Waals surface area contributed by atoms with Crippen LogP contribution >= 0.6 is 0 Å². The first kappa shape index (κ1) is 15.1. The molecule has 0 heterocycles. The van der Waals surface area contributed by atoms with Crippen molar-refractivity contribution >= 4 is 11.9 Å². The molecule has 1 rings (SSSR count). The van der Waals surface area contributed by atoms with Crippen LogP contribution < -0.4 is 5.32 Å². The van der Waals surface area contributed by atoms with Crippen molar-refractivity contribution in [2.24, 2.45) is 5.92 Å². The van der Waals surface area contributed by atoms with Crippen LogP contribution in [0.5, 0.6) is 0 Å². The molecule has 0 saturated heterocycles. The summed E-state index contributed by atoms with van der Waals surface area (Å²) in [5, 5.41) is 11.0. The summed E-state index contributed by atoms with van der Waals surface area (Å²) in [5.41, 5.74) is -0.0773. The number of carboxylic acids is 1. The lowest BCUT2D eigenvalue weighted by atomic mass is 10.1. The highest BCUT2D eigenvalue weighted by Crippen LogP contribution is 2.14. The van der Waals surface area contributed by atoms with Crippen molar-refractivity contribution < 1.29 is 23.5 Å². The Balaban J connectivity index is 2.69. The van der Waals surface area contributed by atoms with E-state index in [0.717, 1.165) is 6.07 Å². The average molecular weight is 271 g/mol. The van der Waals surface area contributed by atoms with E-state index in [1.165, 1.54) is 6.92 Å². The molecular weight excluding hydrogens is 256 g/mol. The number of halogens is 2. The molecule has 0 saturated carbocycles. The molecule has 0 bridgehead atoms. The smallest absolute Gasteiger partial charge is 0.303 e. The van der Waals surface area contributed by atoms with Crippen LogP contribution in [-0.4, -0.2) is 23.5 Å². The van der Waals surface area contributed by atoms with Crippen LogP contribution in [0.1, 0.15) is 29.3 Å². The molecule has 1 unspecified atom stereocenters. The lowest BCUT2D eigenvalue weighted by molar-refractivity contribution is -0.137. The van der Waals surface area contributed by atoms with Crippen molar-refractivity contribution in [3.63, 3.8) is 0 Å². The first-order valence-electron chi connectivity index (χ1n) is 5.77. The van der Waals surface area contributed by atoms with Crippen molar-refractivity contribution in [3.05, 3.63) is 34.9 Å². The predicted molar refractivity (Wildman–Crippen MR) is 64.8 cm³/mol. The fourth-order valence-electron chi connectivity index (χ4n) is 1.56. The lowest BCUT2D eigenvalue weighted by Crippen LogP contribution is -2.30. The second kappa shape index (κ2) is 6.26. The Morgan fingerprint density at radius 2 is 1.95 bits per heavy atom. The number of aryl methyl sites for hydroxylation is 1. The Hall–Kier alpha value is -1.98. The summed E-state index contributed by atoms with van der Waals surface area (Å²) in [6, 6.07) is 1.78.